The SMILES string of the molecule is CN(C)CCOC1=CCNC=C1NCc1ccc2nccnc2c1. The zero-order valence-electron chi connectivity index (χ0n) is 14.1. The van der Waals surface area contributed by atoms with Gasteiger partial charge < -0.3 is 20.3 Å². The van der Waals surface area contributed by atoms with Gasteiger partial charge in [0.25, 0.3) is 0 Å². The Kier molecular flexibility index (Phi) is 5.28. The first-order valence-electron chi connectivity index (χ1n) is 8.07. The van der Waals surface area contributed by atoms with Crippen molar-refractivity contribution in [1.82, 2.24) is 25.5 Å². The molecule has 0 amide bonds. The zero-order valence-corrected chi connectivity index (χ0v) is 14.1. The normalized spacial score (nSPS) is 14.1. The predicted octanol–water partition coefficient (Wildman–Crippen LogP) is 1.63. The molecular formula is C18H23N5O. The first-order chi connectivity index (χ1) is 11.7. The largest absolute Gasteiger partial charge is 0.490 e. The van der Waals surface area contributed by atoms with Gasteiger partial charge in [-0.25, -0.2) is 0 Å². The van der Waals surface area contributed by atoms with E-state index in [0.717, 1.165) is 41.1 Å². The Bertz CT molecular complexity index is 754. The fourth-order valence-corrected chi connectivity index (χ4v) is 2.42. The molecule has 1 aromatic heterocycles. The molecule has 126 valence electrons. The van der Waals surface area contributed by atoms with Crippen LogP contribution >= 0.6 is 0 Å². The van der Waals surface area contributed by atoms with Crippen LogP contribution in [0.1, 0.15) is 5.56 Å². The summed E-state index contributed by atoms with van der Waals surface area (Å²) in [6, 6.07) is 6.12. The van der Waals surface area contributed by atoms with E-state index in [1.54, 1.807) is 12.4 Å². The Morgan fingerprint density at radius 1 is 1.21 bits per heavy atom. The minimum atomic E-state index is 0.670. The van der Waals surface area contributed by atoms with E-state index in [-0.39, 0.29) is 0 Å². The van der Waals surface area contributed by atoms with E-state index in [1.807, 2.05) is 26.4 Å². The Morgan fingerprint density at radius 2 is 2.04 bits per heavy atom. The minimum absolute atomic E-state index is 0.670. The average Bonchev–Trinajstić information content (AvgIpc) is 2.60. The van der Waals surface area contributed by atoms with Crippen LogP contribution < -0.4 is 10.6 Å². The summed E-state index contributed by atoms with van der Waals surface area (Å²) in [6.45, 7) is 3.05. The summed E-state index contributed by atoms with van der Waals surface area (Å²) >= 11 is 0. The van der Waals surface area contributed by atoms with Gasteiger partial charge in [0, 0.05) is 38.2 Å². The molecule has 0 fully saturated rings. The van der Waals surface area contributed by atoms with E-state index in [1.165, 1.54) is 0 Å². The quantitative estimate of drug-likeness (QED) is 0.807. The Balaban J connectivity index is 1.61. The molecule has 1 aliphatic rings. The summed E-state index contributed by atoms with van der Waals surface area (Å²) in [6.07, 6.45) is 7.45. The topological polar surface area (TPSA) is 62.3 Å². The van der Waals surface area contributed by atoms with Crippen LogP contribution in [0.5, 0.6) is 0 Å². The molecule has 2 aromatic rings. The molecular weight excluding hydrogens is 302 g/mol. The molecule has 0 atom stereocenters. The first kappa shape index (κ1) is 16.3. The van der Waals surface area contributed by atoms with Gasteiger partial charge in [0.2, 0.25) is 0 Å². The lowest BCUT2D eigenvalue weighted by Gasteiger charge is -2.20. The van der Waals surface area contributed by atoms with Crippen LogP contribution in [0.25, 0.3) is 11.0 Å². The summed E-state index contributed by atoms with van der Waals surface area (Å²) < 4.78 is 5.89. The van der Waals surface area contributed by atoms with Gasteiger partial charge in [-0.1, -0.05) is 6.07 Å². The molecule has 2 N–H and O–H groups in total. The maximum absolute atomic E-state index is 5.89. The van der Waals surface area contributed by atoms with E-state index in [2.05, 4.69) is 43.7 Å². The lowest BCUT2D eigenvalue weighted by Crippen LogP contribution is -2.25. The Morgan fingerprint density at radius 3 is 2.88 bits per heavy atom. The fourth-order valence-electron chi connectivity index (χ4n) is 2.42. The molecule has 0 unspecified atom stereocenters. The van der Waals surface area contributed by atoms with Gasteiger partial charge >= 0.3 is 0 Å². The maximum Gasteiger partial charge on any atom is 0.141 e. The van der Waals surface area contributed by atoms with E-state index < -0.39 is 0 Å². The van der Waals surface area contributed by atoms with E-state index in [4.69, 9.17) is 4.74 Å². The Labute approximate surface area is 142 Å². The second-order valence-electron chi connectivity index (χ2n) is 5.92. The highest BCUT2D eigenvalue weighted by Gasteiger charge is 2.10. The van der Waals surface area contributed by atoms with Crippen LogP contribution in [0.2, 0.25) is 0 Å². The van der Waals surface area contributed by atoms with Gasteiger partial charge in [-0.3, -0.25) is 9.97 Å². The van der Waals surface area contributed by atoms with Crippen LogP contribution in [0, 0.1) is 0 Å². The molecule has 6 heteroatoms. The van der Waals surface area contributed by atoms with E-state index in [9.17, 15) is 0 Å². The summed E-state index contributed by atoms with van der Waals surface area (Å²) in [5, 5.41) is 6.65. The van der Waals surface area contributed by atoms with Crippen molar-refractivity contribution in [2.24, 2.45) is 0 Å². The highest BCUT2D eigenvalue weighted by molar-refractivity contribution is 5.74. The lowest BCUT2D eigenvalue weighted by molar-refractivity contribution is 0.185. The molecule has 0 saturated carbocycles. The van der Waals surface area contributed by atoms with Crippen molar-refractivity contribution in [3.63, 3.8) is 0 Å². The number of ether oxygens (including phenoxy) is 1. The van der Waals surface area contributed by atoms with Crippen LogP contribution in [0.15, 0.2) is 54.3 Å². The van der Waals surface area contributed by atoms with Crippen LogP contribution in [-0.4, -0.2) is 48.7 Å². The van der Waals surface area contributed by atoms with Crippen LogP contribution in [0.3, 0.4) is 0 Å². The standard InChI is InChI=1S/C18H23N5O/c1-23(2)9-10-24-18-5-6-19-13-17(18)22-12-14-3-4-15-16(11-14)21-8-7-20-15/h3-5,7-8,11,13,19,22H,6,9-10,12H2,1-2H3. The predicted molar refractivity (Wildman–Crippen MR) is 95.1 cm³/mol. The molecule has 0 bridgehead atoms. The molecule has 0 saturated heterocycles. The minimum Gasteiger partial charge on any atom is -0.490 e. The van der Waals surface area contributed by atoms with Crippen molar-refractivity contribution in [1.29, 1.82) is 0 Å². The molecule has 24 heavy (non-hydrogen) atoms. The van der Waals surface area contributed by atoms with Gasteiger partial charge in [0.1, 0.15) is 12.4 Å². The third-order valence-electron chi connectivity index (χ3n) is 3.73. The van der Waals surface area contributed by atoms with Crippen molar-refractivity contribution < 1.29 is 4.74 Å². The zero-order chi connectivity index (χ0) is 16.8. The van der Waals surface area contributed by atoms with Crippen LogP contribution in [-0.2, 0) is 11.3 Å². The van der Waals surface area contributed by atoms with E-state index >= 15 is 0 Å². The summed E-state index contributed by atoms with van der Waals surface area (Å²) in [5.41, 5.74) is 3.94. The third-order valence-corrected chi connectivity index (χ3v) is 3.73. The molecule has 0 radical (unpaired) electrons. The molecule has 1 aromatic carbocycles. The Hall–Kier alpha value is -2.60. The number of hydrogen-bond donors (Lipinski definition) is 2. The maximum atomic E-state index is 5.89. The third kappa shape index (κ3) is 4.23. The first-order valence-corrected chi connectivity index (χ1v) is 8.07. The number of rotatable bonds is 7. The highest BCUT2D eigenvalue weighted by atomic mass is 16.5. The lowest BCUT2D eigenvalue weighted by atomic mass is 10.2. The monoisotopic (exact) mass is 325 g/mol. The number of fused-ring (bicyclic) bond motifs is 1. The molecule has 3 rings (SSSR count). The number of dihydropyridines is 1. The number of aromatic nitrogens is 2. The number of nitrogens with one attached hydrogen (secondary N) is 2. The van der Waals surface area contributed by atoms with Crippen molar-refractivity contribution in [2.45, 2.75) is 6.54 Å². The summed E-state index contributed by atoms with van der Waals surface area (Å²) in [4.78, 5) is 10.8. The van der Waals surface area contributed by atoms with E-state index in [0.29, 0.717) is 13.2 Å². The fraction of sp³-hybridized carbons (Fsp3) is 0.333. The highest BCUT2D eigenvalue weighted by Crippen LogP contribution is 2.14. The van der Waals surface area contributed by atoms with Gasteiger partial charge in [0.15, 0.2) is 0 Å². The molecule has 1 aliphatic heterocycles. The number of benzene rings is 1. The molecule has 0 aliphatic carbocycles. The second kappa shape index (κ2) is 7.79. The summed E-state index contributed by atoms with van der Waals surface area (Å²) in [5.74, 6) is 0.899. The van der Waals surface area contributed by atoms with Crippen LogP contribution in [0.4, 0.5) is 0 Å². The number of hydrogen-bond acceptors (Lipinski definition) is 6. The second-order valence-corrected chi connectivity index (χ2v) is 5.92. The molecule has 0 spiro atoms. The van der Waals surface area contributed by atoms with Crippen molar-refractivity contribution in [3.8, 4) is 0 Å². The van der Waals surface area contributed by atoms with Gasteiger partial charge in [0.05, 0.1) is 16.7 Å². The van der Waals surface area contributed by atoms with Gasteiger partial charge in [-0.2, -0.15) is 0 Å². The summed E-state index contributed by atoms with van der Waals surface area (Å²) in [7, 11) is 4.08. The number of nitrogens with zero attached hydrogens (tertiary/aromatic N) is 3. The van der Waals surface area contributed by atoms with Gasteiger partial charge in [-0.15, -0.1) is 0 Å². The van der Waals surface area contributed by atoms with Crippen molar-refractivity contribution >= 4 is 11.0 Å². The van der Waals surface area contributed by atoms with Crippen molar-refractivity contribution in [3.05, 3.63) is 59.9 Å². The van der Waals surface area contributed by atoms with Gasteiger partial charge in [-0.05, 0) is 37.9 Å². The smallest absolute Gasteiger partial charge is 0.141 e. The average molecular weight is 325 g/mol. The number of likely N-dealkylation sites (N-methyl/N-ethyl adjacent to an activating group) is 1. The van der Waals surface area contributed by atoms with Crippen molar-refractivity contribution in [2.75, 3.05) is 33.8 Å². The molecule has 2 heterocycles. The molecule has 6 nitrogen and oxygen atoms in total.